The molecule has 2 aromatic rings. The van der Waals surface area contributed by atoms with E-state index in [1.165, 1.54) is 11.1 Å². The molecule has 0 bridgehead atoms. The van der Waals surface area contributed by atoms with E-state index in [-0.39, 0.29) is 12.0 Å². The molecule has 0 heterocycles. The second-order valence-corrected chi connectivity index (χ2v) is 5.14. The van der Waals surface area contributed by atoms with E-state index >= 15 is 0 Å². The van der Waals surface area contributed by atoms with E-state index in [0.29, 0.717) is 5.92 Å². The zero-order valence-electron chi connectivity index (χ0n) is 10.8. The van der Waals surface area contributed by atoms with Crippen molar-refractivity contribution in [3.05, 3.63) is 83.9 Å². The molecule has 0 aliphatic heterocycles. The summed E-state index contributed by atoms with van der Waals surface area (Å²) in [6.07, 6.45) is 4.87. The maximum Gasteiger partial charge on any atom is 0.0652 e. The Hall–Kier alpha value is -1.86. The van der Waals surface area contributed by atoms with Gasteiger partial charge in [0.25, 0.3) is 0 Å². The Labute approximate surface area is 114 Å². The Kier molecular flexibility index (Phi) is 3.47. The van der Waals surface area contributed by atoms with Gasteiger partial charge in [-0.25, -0.2) is 0 Å². The summed E-state index contributed by atoms with van der Waals surface area (Å²) in [6.45, 7) is 0. The van der Waals surface area contributed by atoms with Crippen LogP contribution < -0.4 is 0 Å². The normalized spacial score (nSPS) is 26.3. The zero-order chi connectivity index (χ0) is 13.1. The molecule has 0 spiro atoms. The first-order valence-electron chi connectivity index (χ1n) is 6.81. The number of rotatable bonds is 2. The standard InChI is InChI=1S/C18H18O/c19-18-13-16(14-7-3-1-4-8-14)11-12-17(18)15-9-5-2-6-10-15/h1-12,16-19H,13H2/t16-,17-,18+/m1/s1. The van der Waals surface area contributed by atoms with Crippen molar-refractivity contribution in [2.24, 2.45) is 0 Å². The van der Waals surface area contributed by atoms with Gasteiger partial charge in [-0.15, -0.1) is 0 Å². The van der Waals surface area contributed by atoms with Gasteiger partial charge in [-0.05, 0) is 17.5 Å². The third-order valence-corrected chi connectivity index (χ3v) is 3.87. The van der Waals surface area contributed by atoms with Gasteiger partial charge in [-0.3, -0.25) is 0 Å². The molecule has 96 valence electrons. The van der Waals surface area contributed by atoms with Gasteiger partial charge >= 0.3 is 0 Å². The summed E-state index contributed by atoms with van der Waals surface area (Å²) in [4.78, 5) is 0. The number of hydrogen-bond acceptors (Lipinski definition) is 1. The molecule has 0 saturated heterocycles. The second kappa shape index (κ2) is 5.41. The van der Waals surface area contributed by atoms with Crippen LogP contribution in [0.3, 0.4) is 0 Å². The molecule has 1 heteroatoms. The smallest absolute Gasteiger partial charge is 0.0652 e. The van der Waals surface area contributed by atoms with Crippen LogP contribution in [-0.2, 0) is 0 Å². The van der Waals surface area contributed by atoms with E-state index in [1.54, 1.807) is 0 Å². The highest BCUT2D eigenvalue weighted by Gasteiger charge is 2.26. The van der Waals surface area contributed by atoms with Crippen molar-refractivity contribution in [2.75, 3.05) is 0 Å². The molecule has 0 aromatic heterocycles. The van der Waals surface area contributed by atoms with Crippen LogP contribution in [0.15, 0.2) is 72.8 Å². The molecule has 0 saturated carbocycles. The van der Waals surface area contributed by atoms with Crippen LogP contribution in [-0.4, -0.2) is 11.2 Å². The fourth-order valence-electron chi connectivity index (χ4n) is 2.82. The summed E-state index contributed by atoms with van der Waals surface area (Å²) in [6, 6.07) is 20.6. The molecule has 3 rings (SSSR count). The SMILES string of the molecule is O[C@H]1C[C@H](c2ccccc2)C=C[C@@H]1c1ccccc1. The fourth-order valence-corrected chi connectivity index (χ4v) is 2.82. The van der Waals surface area contributed by atoms with Gasteiger partial charge in [-0.2, -0.15) is 0 Å². The molecule has 3 atom stereocenters. The van der Waals surface area contributed by atoms with Crippen LogP contribution in [0.1, 0.15) is 29.4 Å². The minimum atomic E-state index is -0.308. The van der Waals surface area contributed by atoms with Gasteiger partial charge in [0.2, 0.25) is 0 Å². The van der Waals surface area contributed by atoms with E-state index in [9.17, 15) is 5.11 Å². The number of allylic oxidation sites excluding steroid dienone is 1. The third-order valence-electron chi connectivity index (χ3n) is 3.87. The Morgan fingerprint density at radius 3 is 1.89 bits per heavy atom. The molecule has 1 N–H and O–H groups in total. The van der Waals surface area contributed by atoms with Crippen LogP contribution in [0.5, 0.6) is 0 Å². The molecule has 19 heavy (non-hydrogen) atoms. The highest BCUT2D eigenvalue weighted by atomic mass is 16.3. The molecule has 0 unspecified atom stereocenters. The Morgan fingerprint density at radius 1 is 0.737 bits per heavy atom. The minimum Gasteiger partial charge on any atom is -0.392 e. The second-order valence-electron chi connectivity index (χ2n) is 5.14. The average molecular weight is 250 g/mol. The summed E-state index contributed by atoms with van der Waals surface area (Å²) in [5, 5.41) is 10.4. The molecular formula is C18H18O. The molecule has 0 fully saturated rings. The van der Waals surface area contributed by atoms with Gasteiger partial charge in [0, 0.05) is 11.8 Å². The third kappa shape index (κ3) is 2.61. The van der Waals surface area contributed by atoms with E-state index < -0.39 is 0 Å². The summed E-state index contributed by atoms with van der Waals surface area (Å²) in [5.41, 5.74) is 2.47. The number of aliphatic hydroxyl groups is 1. The summed E-state index contributed by atoms with van der Waals surface area (Å²) in [5.74, 6) is 0.456. The summed E-state index contributed by atoms with van der Waals surface area (Å²) in [7, 11) is 0. The largest absolute Gasteiger partial charge is 0.392 e. The van der Waals surface area contributed by atoms with Gasteiger partial charge < -0.3 is 5.11 Å². The van der Waals surface area contributed by atoms with Crippen molar-refractivity contribution < 1.29 is 5.11 Å². The number of aliphatic hydroxyl groups excluding tert-OH is 1. The highest BCUT2D eigenvalue weighted by molar-refractivity contribution is 5.32. The monoisotopic (exact) mass is 250 g/mol. The van der Waals surface area contributed by atoms with Crippen molar-refractivity contribution in [3.63, 3.8) is 0 Å². The maximum atomic E-state index is 10.4. The summed E-state index contributed by atoms with van der Waals surface area (Å²) < 4.78 is 0. The van der Waals surface area contributed by atoms with Crippen molar-refractivity contribution in [2.45, 2.75) is 24.4 Å². The predicted octanol–water partition coefficient (Wildman–Crippen LogP) is 3.87. The topological polar surface area (TPSA) is 20.2 Å². The van der Waals surface area contributed by atoms with Crippen LogP contribution in [0, 0.1) is 0 Å². The number of hydrogen-bond donors (Lipinski definition) is 1. The minimum absolute atomic E-state index is 0.126. The first-order valence-corrected chi connectivity index (χ1v) is 6.81. The Morgan fingerprint density at radius 2 is 1.32 bits per heavy atom. The lowest BCUT2D eigenvalue weighted by molar-refractivity contribution is 0.139. The van der Waals surface area contributed by atoms with Crippen LogP contribution in [0.25, 0.3) is 0 Å². The van der Waals surface area contributed by atoms with Gasteiger partial charge in [-0.1, -0.05) is 72.8 Å². The van der Waals surface area contributed by atoms with Crippen molar-refractivity contribution in [3.8, 4) is 0 Å². The molecule has 1 aliphatic rings. The molecule has 0 radical (unpaired) electrons. The Bertz CT molecular complexity index is 544. The summed E-state index contributed by atoms with van der Waals surface area (Å²) >= 11 is 0. The lowest BCUT2D eigenvalue weighted by Crippen LogP contribution is -2.23. The van der Waals surface area contributed by atoms with Gasteiger partial charge in [0.1, 0.15) is 0 Å². The van der Waals surface area contributed by atoms with Crippen LogP contribution in [0.2, 0.25) is 0 Å². The van der Waals surface area contributed by atoms with Gasteiger partial charge in [0.05, 0.1) is 6.10 Å². The molecule has 0 amide bonds. The molecule has 2 aromatic carbocycles. The van der Waals surface area contributed by atoms with Crippen molar-refractivity contribution >= 4 is 0 Å². The van der Waals surface area contributed by atoms with E-state index in [0.717, 1.165) is 6.42 Å². The first kappa shape index (κ1) is 12.2. The van der Waals surface area contributed by atoms with Crippen LogP contribution >= 0.6 is 0 Å². The maximum absolute atomic E-state index is 10.4. The molecule has 1 aliphatic carbocycles. The van der Waals surface area contributed by atoms with E-state index in [1.807, 2.05) is 24.3 Å². The molecular weight excluding hydrogens is 232 g/mol. The average Bonchev–Trinajstić information content (AvgIpc) is 2.49. The zero-order valence-corrected chi connectivity index (χ0v) is 10.8. The first-order chi connectivity index (χ1) is 9.34. The van der Waals surface area contributed by atoms with Crippen molar-refractivity contribution in [1.29, 1.82) is 0 Å². The quantitative estimate of drug-likeness (QED) is 0.802. The van der Waals surface area contributed by atoms with Crippen LogP contribution in [0.4, 0.5) is 0 Å². The number of benzene rings is 2. The Balaban J connectivity index is 1.83. The van der Waals surface area contributed by atoms with E-state index in [2.05, 4.69) is 48.6 Å². The van der Waals surface area contributed by atoms with E-state index in [4.69, 9.17) is 0 Å². The molecule has 1 nitrogen and oxygen atoms in total. The van der Waals surface area contributed by atoms with Gasteiger partial charge in [0.15, 0.2) is 0 Å². The predicted molar refractivity (Wildman–Crippen MR) is 78.1 cm³/mol. The lowest BCUT2D eigenvalue weighted by Gasteiger charge is -2.28. The fraction of sp³-hybridized carbons (Fsp3) is 0.222. The highest BCUT2D eigenvalue weighted by Crippen LogP contribution is 2.35. The lowest BCUT2D eigenvalue weighted by atomic mass is 9.79. The van der Waals surface area contributed by atoms with Crippen molar-refractivity contribution in [1.82, 2.24) is 0 Å².